The van der Waals surface area contributed by atoms with E-state index in [0.29, 0.717) is 19.8 Å². The lowest BCUT2D eigenvalue weighted by molar-refractivity contribution is 0.0130. The van der Waals surface area contributed by atoms with Crippen molar-refractivity contribution in [3.8, 4) is 0 Å². The fourth-order valence-corrected chi connectivity index (χ4v) is 2.39. The Labute approximate surface area is 131 Å². The zero-order valence-corrected chi connectivity index (χ0v) is 12.3. The number of benzene rings is 1. The maximum atomic E-state index is 14.3. The Hall–Kier alpha value is -2.28. The summed E-state index contributed by atoms with van der Waals surface area (Å²) >= 11 is 0. The smallest absolute Gasteiger partial charge is 0.332 e. The molecule has 0 spiro atoms. The van der Waals surface area contributed by atoms with Crippen LogP contribution in [0.25, 0.3) is 0 Å². The Morgan fingerprint density at radius 1 is 1.35 bits per heavy atom. The Balaban J connectivity index is 1.68. The zero-order valence-electron chi connectivity index (χ0n) is 12.3. The first-order valence-electron chi connectivity index (χ1n) is 7.34. The molecule has 3 rings (SSSR count). The van der Waals surface area contributed by atoms with Crippen molar-refractivity contribution < 1.29 is 22.8 Å². The third-order valence-electron chi connectivity index (χ3n) is 3.76. The number of ether oxygens (including phenoxy) is 1. The maximum Gasteiger partial charge on any atom is 0.332 e. The lowest BCUT2D eigenvalue weighted by Crippen LogP contribution is -2.29. The van der Waals surface area contributed by atoms with Crippen LogP contribution >= 0.6 is 0 Å². The summed E-state index contributed by atoms with van der Waals surface area (Å²) in [6.45, 7) is 1.70. The summed E-state index contributed by atoms with van der Waals surface area (Å²) in [6.07, 6.45) is 0.871. The standard InChI is InChI=1S/C16H16F2N2O3/c17-16(18,12-4-2-1-3-5-12)14-8-13(20-23-14)15(21)19-9-11-6-7-22-10-11/h1-5,8,11H,6-7,9-10H2,(H,19,21). The second-order valence-corrected chi connectivity index (χ2v) is 5.46. The lowest BCUT2D eigenvalue weighted by Gasteiger charge is -2.12. The average molecular weight is 322 g/mol. The Bertz CT molecular complexity index is 667. The van der Waals surface area contributed by atoms with E-state index in [9.17, 15) is 13.6 Å². The summed E-state index contributed by atoms with van der Waals surface area (Å²) in [7, 11) is 0. The molecule has 2 heterocycles. The molecule has 1 aromatic carbocycles. The van der Waals surface area contributed by atoms with E-state index in [-0.39, 0.29) is 17.2 Å². The molecule has 1 unspecified atom stereocenters. The van der Waals surface area contributed by atoms with Crippen LogP contribution in [0.2, 0.25) is 0 Å². The monoisotopic (exact) mass is 322 g/mol. The van der Waals surface area contributed by atoms with Crippen molar-refractivity contribution >= 4 is 5.91 Å². The van der Waals surface area contributed by atoms with Gasteiger partial charge in [-0.3, -0.25) is 4.79 Å². The molecular formula is C16H16F2N2O3. The lowest BCUT2D eigenvalue weighted by atomic mass is 10.1. The second-order valence-electron chi connectivity index (χ2n) is 5.46. The van der Waals surface area contributed by atoms with Gasteiger partial charge in [0.1, 0.15) is 0 Å². The van der Waals surface area contributed by atoms with Gasteiger partial charge >= 0.3 is 5.92 Å². The Morgan fingerprint density at radius 2 is 2.13 bits per heavy atom. The molecule has 2 aromatic rings. The second kappa shape index (κ2) is 6.45. The highest BCUT2D eigenvalue weighted by atomic mass is 19.3. The van der Waals surface area contributed by atoms with Gasteiger partial charge in [0.15, 0.2) is 5.69 Å². The van der Waals surface area contributed by atoms with Gasteiger partial charge in [-0.1, -0.05) is 35.5 Å². The molecular weight excluding hydrogens is 306 g/mol. The fourth-order valence-electron chi connectivity index (χ4n) is 2.39. The maximum absolute atomic E-state index is 14.3. The highest BCUT2D eigenvalue weighted by molar-refractivity contribution is 5.92. The predicted octanol–water partition coefficient (Wildman–Crippen LogP) is 2.58. The third kappa shape index (κ3) is 3.39. The van der Waals surface area contributed by atoms with Crippen molar-refractivity contribution in [3.05, 3.63) is 53.4 Å². The summed E-state index contributed by atoms with van der Waals surface area (Å²) < 4.78 is 38.5. The van der Waals surface area contributed by atoms with Crippen LogP contribution in [0.15, 0.2) is 40.9 Å². The number of hydrogen-bond acceptors (Lipinski definition) is 4. The van der Waals surface area contributed by atoms with Crippen molar-refractivity contribution in [2.45, 2.75) is 12.3 Å². The van der Waals surface area contributed by atoms with Gasteiger partial charge in [0.25, 0.3) is 5.91 Å². The van der Waals surface area contributed by atoms with Crippen molar-refractivity contribution in [1.82, 2.24) is 10.5 Å². The van der Waals surface area contributed by atoms with E-state index in [2.05, 4.69) is 10.5 Å². The average Bonchev–Trinajstić information content (AvgIpc) is 3.25. The highest BCUT2D eigenvalue weighted by Gasteiger charge is 2.39. The largest absolute Gasteiger partial charge is 0.381 e. The molecule has 7 heteroatoms. The zero-order chi connectivity index (χ0) is 16.3. The molecule has 0 saturated carbocycles. The third-order valence-corrected chi connectivity index (χ3v) is 3.76. The van der Waals surface area contributed by atoms with Crippen LogP contribution in [-0.4, -0.2) is 30.8 Å². The number of hydrogen-bond donors (Lipinski definition) is 1. The highest BCUT2D eigenvalue weighted by Crippen LogP contribution is 2.35. The number of nitrogens with zero attached hydrogens (tertiary/aromatic N) is 1. The van der Waals surface area contributed by atoms with Crippen LogP contribution in [-0.2, 0) is 10.7 Å². The van der Waals surface area contributed by atoms with E-state index in [1.807, 2.05) is 0 Å². The molecule has 1 atom stereocenters. The van der Waals surface area contributed by atoms with E-state index in [1.54, 1.807) is 6.07 Å². The molecule has 1 N–H and O–H groups in total. The van der Waals surface area contributed by atoms with Gasteiger partial charge in [-0.2, -0.15) is 8.78 Å². The summed E-state index contributed by atoms with van der Waals surface area (Å²) in [5.74, 6) is -4.28. The van der Waals surface area contributed by atoms with Crippen molar-refractivity contribution in [2.24, 2.45) is 5.92 Å². The molecule has 1 aromatic heterocycles. The normalized spacial score (nSPS) is 18.1. The molecule has 122 valence electrons. The van der Waals surface area contributed by atoms with Gasteiger partial charge in [0, 0.05) is 30.7 Å². The molecule has 1 amide bonds. The summed E-state index contributed by atoms with van der Waals surface area (Å²) in [5.41, 5.74) is -0.374. The number of halogens is 2. The van der Waals surface area contributed by atoms with Crippen LogP contribution in [0.1, 0.15) is 28.2 Å². The number of aromatic nitrogens is 1. The van der Waals surface area contributed by atoms with E-state index >= 15 is 0 Å². The van der Waals surface area contributed by atoms with Crippen LogP contribution < -0.4 is 5.32 Å². The van der Waals surface area contributed by atoms with Gasteiger partial charge in [0.05, 0.1) is 6.61 Å². The molecule has 1 aliphatic rings. The topological polar surface area (TPSA) is 64.4 Å². The number of rotatable bonds is 5. The van der Waals surface area contributed by atoms with Gasteiger partial charge in [0.2, 0.25) is 5.76 Å². The van der Waals surface area contributed by atoms with Crippen LogP contribution in [0.4, 0.5) is 8.78 Å². The summed E-state index contributed by atoms with van der Waals surface area (Å²) in [5, 5.41) is 6.11. The molecule has 0 radical (unpaired) electrons. The Kier molecular flexibility index (Phi) is 4.38. The van der Waals surface area contributed by atoms with Gasteiger partial charge in [-0.15, -0.1) is 0 Å². The fraction of sp³-hybridized carbons (Fsp3) is 0.375. The van der Waals surface area contributed by atoms with Crippen molar-refractivity contribution in [2.75, 3.05) is 19.8 Å². The van der Waals surface area contributed by atoms with Crippen LogP contribution in [0.3, 0.4) is 0 Å². The minimum Gasteiger partial charge on any atom is -0.381 e. The van der Waals surface area contributed by atoms with Crippen molar-refractivity contribution in [1.29, 1.82) is 0 Å². The first-order chi connectivity index (χ1) is 11.1. The molecule has 0 aliphatic carbocycles. The number of amides is 1. The molecule has 1 fully saturated rings. The number of carbonyl (C=O) groups excluding carboxylic acids is 1. The van der Waals surface area contributed by atoms with E-state index < -0.39 is 17.6 Å². The first kappa shape index (κ1) is 15.6. The molecule has 1 saturated heterocycles. The van der Waals surface area contributed by atoms with Crippen molar-refractivity contribution in [3.63, 3.8) is 0 Å². The summed E-state index contributed by atoms with van der Waals surface area (Å²) in [6, 6.07) is 8.23. The molecule has 23 heavy (non-hydrogen) atoms. The molecule has 0 bridgehead atoms. The number of carbonyl (C=O) groups is 1. The minimum atomic E-state index is -3.34. The number of alkyl halides is 2. The number of nitrogens with one attached hydrogen (secondary N) is 1. The molecule has 1 aliphatic heterocycles. The summed E-state index contributed by atoms with van der Waals surface area (Å²) in [4.78, 5) is 12.0. The SMILES string of the molecule is O=C(NCC1CCOC1)c1cc(C(F)(F)c2ccccc2)on1. The van der Waals surface area contributed by atoms with Gasteiger partial charge in [-0.25, -0.2) is 0 Å². The van der Waals surface area contributed by atoms with Crippen LogP contribution in [0, 0.1) is 5.92 Å². The van der Waals surface area contributed by atoms with Gasteiger partial charge < -0.3 is 14.6 Å². The van der Waals surface area contributed by atoms with E-state index in [0.717, 1.165) is 12.5 Å². The molecule has 5 nitrogen and oxygen atoms in total. The van der Waals surface area contributed by atoms with Crippen LogP contribution in [0.5, 0.6) is 0 Å². The predicted molar refractivity (Wildman–Crippen MR) is 77.2 cm³/mol. The Morgan fingerprint density at radius 3 is 2.83 bits per heavy atom. The first-order valence-corrected chi connectivity index (χ1v) is 7.34. The van der Waals surface area contributed by atoms with E-state index in [1.165, 1.54) is 24.3 Å². The van der Waals surface area contributed by atoms with E-state index in [4.69, 9.17) is 9.26 Å². The minimum absolute atomic E-state index is 0.158. The van der Waals surface area contributed by atoms with Gasteiger partial charge in [-0.05, 0) is 6.42 Å². The quantitative estimate of drug-likeness (QED) is 0.919.